The van der Waals surface area contributed by atoms with Gasteiger partial charge in [0.2, 0.25) is 0 Å². The molecule has 0 aromatic carbocycles. The largest absolute Gasteiger partial charge is 0.465 e. The maximum Gasteiger partial charge on any atom is 0.407 e. The van der Waals surface area contributed by atoms with E-state index in [0.717, 1.165) is 4.90 Å². The highest BCUT2D eigenvalue weighted by Crippen LogP contribution is 2.42. The van der Waals surface area contributed by atoms with Gasteiger partial charge in [0.1, 0.15) is 22.0 Å². The van der Waals surface area contributed by atoms with E-state index in [-0.39, 0.29) is 33.0 Å². The molecular formula is C18H18BrClF3N5O3S. The van der Waals surface area contributed by atoms with E-state index in [1.165, 1.54) is 16.7 Å². The zero-order valence-electron chi connectivity index (χ0n) is 16.6. The first-order valence-electron chi connectivity index (χ1n) is 9.74. The minimum absolute atomic E-state index is 0.00369. The number of nitrogens with zero attached hydrogens (tertiary/aromatic N) is 5. The number of aromatic nitrogens is 3. The molecule has 2 fully saturated rings. The Morgan fingerprint density at radius 2 is 2.06 bits per heavy atom. The van der Waals surface area contributed by atoms with Crippen LogP contribution in [-0.2, 0) is 0 Å². The number of carbonyl (C=O) groups is 1. The van der Waals surface area contributed by atoms with Gasteiger partial charge in [-0.3, -0.25) is 4.90 Å². The second kappa shape index (κ2) is 8.99. The van der Waals surface area contributed by atoms with Crippen molar-refractivity contribution in [3.8, 4) is 0 Å². The number of piperazine rings is 1. The van der Waals surface area contributed by atoms with Crippen LogP contribution in [-0.4, -0.2) is 79.1 Å². The van der Waals surface area contributed by atoms with Crippen molar-refractivity contribution < 1.29 is 28.2 Å². The summed E-state index contributed by atoms with van der Waals surface area (Å²) in [6, 6.07) is -2.67. The summed E-state index contributed by atoms with van der Waals surface area (Å²) < 4.78 is 42.4. The minimum Gasteiger partial charge on any atom is -0.465 e. The number of hydrogen-bond donors (Lipinski definition) is 2. The van der Waals surface area contributed by atoms with E-state index in [4.69, 9.17) is 11.6 Å². The van der Waals surface area contributed by atoms with Crippen molar-refractivity contribution in [2.45, 2.75) is 55.6 Å². The fourth-order valence-corrected chi connectivity index (χ4v) is 5.92. The number of aliphatic hydroxyl groups is 1. The third-order valence-electron chi connectivity index (χ3n) is 5.74. The van der Waals surface area contributed by atoms with Crippen LogP contribution in [0.5, 0.6) is 0 Å². The van der Waals surface area contributed by atoms with E-state index in [1.807, 2.05) is 6.92 Å². The average Bonchev–Trinajstić information content (AvgIpc) is 3.05. The van der Waals surface area contributed by atoms with Gasteiger partial charge in [0.05, 0.1) is 23.5 Å². The van der Waals surface area contributed by atoms with E-state index in [1.54, 1.807) is 0 Å². The molecule has 0 radical (unpaired) electrons. The smallest absolute Gasteiger partial charge is 0.407 e. The highest BCUT2D eigenvalue weighted by molar-refractivity contribution is 9.10. The predicted molar refractivity (Wildman–Crippen MR) is 116 cm³/mol. The van der Waals surface area contributed by atoms with Gasteiger partial charge in [-0.25, -0.2) is 32.9 Å². The van der Waals surface area contributed by atoms with Gasteiger partial charge >= 0.3 is 6.09 Å². The molecule has 2 bridgehead atoms. The molecule has 2 aromatic heterocycles. The number of aliphatic hydroxyl groups excluding tert-OH is 1. The van der Waals surface area contributed by atoms with Crippen LogP contribution in [0.4, 0.5) is 23.8 Å². The molecule has 0 aliphatic carbocycles. The molecule has 2 aliphatic rings. The van der Waals surface area contributed by atoms with Gasteiger partial charge in [-0.15, -0.1) is 0 Å². The van der Waals surface area contributed by atoms with E-state index in [0.29, 0.717) is 18.6 Å². The predicted octanol–water partition coefficient (Wildman–Crippen LogP) is 4.02. The molecule has 4 atom stereocenters. The van der Waals surface area contributed by atoms with E-state index >= 15 is 0 Å². The molecule has 8 nitrogen and oxygen atoms in total. The molecule has 4 rings (SSSR count). The van der Waals surface area contributed by atoms with Gasteiger partial charge in [0.15, 0.2) is 16.1 Å². The molecule has 0 saturated carbocycles. The number of anilines is 1. The van der Waals surface area contributed by atoms with E-state index in [9.17, 15) is 28.2 Å². The van der Waals surface area contributed by atoms with Crippen LogP contribution >= 0.6 is 39.3 Å². The van der Waals surface area contributed by atoms with Crippen LogP contribution < -0.4 is 4.90 Å². The lowest BCUT2D eigenvalue weighted by Crippen LogP contribution is -2.66. The quantitative estimate of drug-likeness (QED) is 0.324. The summed E-state index contributed by atoms with van der Waals surface area (Å²) in [7, 11) is 0. The Labute approximate surface area is 198 Å². The third kappa shape index (κ3) is 3.86. The van der Waals surface area contributed by atoms with Crippen molar-refractivity contribution in [3.63, 3.8) is 0 Å². The molecule has 1 unspecified atom stereocenters. The summed E-state index contributed by atoms with van der Waals surface area (Å²) in [5.74, 6) is -0.231. The Balaban J connectivity index is 1.95. The SMILES string of the molecule is CCSc1nc(N2C[C@H]3CC[C@@H]([C@H]2C(O)C(F)F)N3C(=O)O)c2c(Br)nc(Cl)c(F)c2n1. The van der Waals surface area contributed by atoms with Gasteiger partial charge in [-0.2, -0.15) is 0 Å². The zero-order valence-corrected chi connectivity index (χ0v) is 19.7. The average molecular weight is 557 g/mol. The Morgan fingerprint density at radius 1 is 1.34 bits per heavy atom. The van der Waals surface area contributed by atoms with Crippen molar-refractivity contribution in [3.05, 3.63) is 15.6 Å². The normalized spacial score (nSPS) is 23.9. The summed E-state index contributed by atoms with van der Waals surface area (Å²) in [4.78, 5) is 27.0. The third-order valence-corrected chi connectivity index (χ3v) is 7.30. The minimum atomic E-state index is -3.12. The van der Waals surface area contributed by atoms with E-state index in [2.05, 4.69) is 30.9 Å². The molecule has 2 saturated heterocycles. The number of hydrogen-bond acceptors (Lipinski definition) is 7. The van der Waals surface area contributed by atoms with Crippen LogP contribution in [0.25, 0.3) is 10.9 Å². The number of amides is 1. The molecule has 1 amide bonds. The molecule has 2 aromatic rings. The van der Waals surface area contributed by atoms with Crippen LogP contribution in [0.2, 0.25) is 5.15 Å². The summed E-state index contributed by atoms with van der Waals surface area (Å²) in [5, 5.41) is 20.0. The monoisotopic (exact) mass is 555 g/mol. The maximum atomic E-state index is 14.9. The summed E-state index contributed by atoms with van der Waals surface area (Å²) in [6.45, 7) is 1.84. The number of halogens is 5. The Bertz CT molecular complexity index is 1070. The number of fused-ring (bicyclic) bond motifs is 3. The fourth-order valence-electron chi connectivity index (χ4n) is 4.54. The standard InChI is InChI=1S/C18H18BrClF3N5O3S/c1-2-32-17-24-10-8(13(19)25-14(20)9(10)21)16(26-17)27-5-6-3-4-7(28(6)18(30)31)11(27)12(29)15(22)23/h6-7,11-12,15,29H,2-5H2,1H3,(H,30,31)/t6-,7+,11+,12?/m1/s1. The Kier molecular flexibility index (Phi) is 6.63. The molecular weight excluding hydrogens is 539 g/mol. The number of carboxylic acid groups (broad SMARTS) is 1. The van der Waals surface area contributed by atoms with E-state index < -0.39 is 47.7 Å². The Morgan fingerprint density at radius 3 is 2.69 bits per heavy atom. The fraction of sp³-hybridized carbons (Fsp3) is 0.556. The first kappa shape index (κ1) is 23.6. The molecule has 14 heteroatoms. The summed E-state index contributed by atoms with van der Waals surface area (Å²) in [5.41, 5.74) is -0.142. The first-order chi connectivity index (χ1) is 15.1. The van der Waals surface area contributed by atoms with Gasteiger partial charge < -0.3 is 15.1 Å². The zero-order chi connectivity index (χ0) is 23.3. The van der Waals surface area contributed by atoms with Crippen molar-refractivity contribution in [1.29, 1.82) is 0 Å². The van der Waals surface area contributed by atoms with Crippen molar-refractivity contribution >= 4 is 62.1 Å². The summed E-state index contributed by atoms with van der Waals surface area (Å²) >= 11 is 10.3. The molecule has 174 valence electrons. The molecule has 2 N–H and O–H groups in total. The molecule has 2 aliphatic heterocycles. The highest BCUT2D eigenvalue weighted by atomic mass is 79.9. The van der Waals surface area contributed by atoms with Crippen LogP contribution in [0.1, 0.15) is 19.8 Å². The molecule has 0 spiro atoms. The second-order valence-electron chi connectivity index (χ2n) is 7.45. The van der Waals surface area contributed by atoms with Gasteiger partial charge in [0.25, 0.3) is 6.43 Å². The lowest BCUT2D eigenvalue weighted by atomic mass is 9.97. The molecule has 32 heavy (non-hydrogen) atoms. The maximum absolute atomic E-state index is 14.9. The lowest BCUT2D eigenvalue weighted by Gasteiger charge is -2.48. The van der Waals surface area contributed by atoms with Gasteiger partial charge in [-0.1, -0.05) is 30.3 Å². The van der Waals surface area contributed by atoms with Gasteiger partial charge in [-0.05, 0) is 34.5 Å². The topological polar surface area (TPSA) is 103 Å². The Hall–Kier alpha value is -1.57. The van der Waals surface area contributed by atoms with Crippen molar-refractivity contribution in [2.24, 2.45) is 0 Å². The number of pyridine rings is 1. The second-order valence-corrected chi connectivity index (χ2v) is 9.79. The van der Waals surface area contributed by atoms with Crippen molar-refractivity contribution in [1.82, 2.24) is 19.9 Å². The van der Waals surface area contributed by atoms with Crippen LogP contribution in [0.15, 0.2) is 9.76 Å². The number of alkyl halides is 2. The van der Waals surface area contributed by atoms with Crippen molar-refractivity contribution in [2.75, 3.05) is 17.2 Å². The number of thioether (sulfide) groups is 1. The lowest BCUT2D eigenvalue weighted by molar-refractivity contribution is -0.0414. The highest BCUT2D eigenvalue weighted by Gasteiger charge is 2.53. The first-order valence-corrected chi connectivity index (χ1v) is 11.9. The number of rotatable bonds is 5. The van der Waals surface area contributed by atoms with Crippen LogP contribution in [0.3, 0.4) is 0 Å². The van der Waals surface area contributed by atoms with Gasteiger partial charge in [0, 0.05) is 6.54 Å². The molecule has 4 heterocycles. The summed E-state index contributed by atoms with van der Waals surface area (Å²) in [6.07, 6.45) is -5.77. The van der Waals surface area contributed by atoms with Crippen LogP contribution in [0, 0.1) is 5.82 Å².